The molecule has 0 atom stereocenters. The van der Waals surface area contributed by atoms with E-state index in [9.17, 15) is 19.2 Å². The lowest BCUT2D eigenvalue weighted by atomic mass is 10.2. The summed E-state index contributed by atoms with van der Waals surface area (Å²) in [6.07, 6.45) is 2.69. The molecule has 0 bridgehead atoms. The Balaban J connectivity index is 1.22. The molecule has 4 amide bonds. The van der Waals surface area contributed by atoms with E-state index in [1.165, 1.54) is 0 Å². The lowest BCUT2D eigenvalue weighted by Gasteiger charge is -2.35. The van der Waals surface area contributed by atoms with Crippen LogP contribution in [0.1, 0.15) is 25.2 Å². The average molecular weight is 424 g/mol. The van der Waals surface area contributed by atoms with Gasteiger partial charge in [0.1, 0.15) is 6.54 Å². The number of oxazole rings is 1. The van der Waals surface area contributed by atoms with E-state index in [0.717, 1.165) is 10.5 Å². The molecular formula is C22H24N4O5. The Kier molecular flexibility index (Phi) is 6.11. The highest BCUT2D eigenvalue weighted by atomic mass is 16.4. The summed E-state index contributed by atoms with van der Waals surface area (Å²) in [5.74, 6) is 0.315. The van der Waals surface area contributed by atoms with Crippen LogP contribution in [0.15, 0.2) is 40.9 Å². The van der Waals surface area contributed by atoms with Crippen LogP contribution in [-0.2, 0) is 25.6 Å². The van der Waals surface area contributed by atoms with Gasteiger partial charge in [0.25, 0.3) is 0 Å². The van der Waals surface area contributed by atoms with Crippen molar-refractivity contribution >= 4 is 23.6 Å². The minimum atomic E-state index is -0.297. The number of rotatable bonds is 6. The van der Waals surface area contributed by atoms with Gasteiger partial charge in [-0.2, -0.15) is 0 Å². The normalized spacial score (nSPS) is 16.8. The second-order valence-corrected chi connectivity index (χ2v) is 7.62. The first kappa shape index (κ1) is 20.8. The number of carbonyl (C=O) groups excluding carboxylic acids is 4. The molecule has 0 unspecified atom stereocenters. The van der Waals surface area contributed by atoms with Gasteiger partial charge in [0, 0.05) is 57.4 Å². The van der Waals surface area contributed by atoms with Gasteiger partial charge in [-0.25, -0.2) is 4.98 Å². The lowest BCUT2D eigenvalue weighted by molar-refractivity contribution is -0.147. The molecule has 0 aliphatic carbocycles. The van der Waals surface area contributed by atoms with Crippen molar-refractivity contribution in [1.82, 2.24) is 19.7 Å². The number of hydrogen-bond donors (Lipinski definition) is 0. The summed E-state index contributed by atoms with van der Waals surface area (Å²) in [4.78, 5) is 56.9. The maximum Gasteiger partial charge on any atom is 0.242 e. The second kappa shape index (κ2) is 9.11. The molecule has 2 aliphatic rings. The minimum Gasteiger partial charge on any atom is -0.441 e. The van der Waals surface area contributed by atoms with Gasteiger partial charge >= 0.3 is 0 Å². The Morgan fingerprint density at radius 2 is 1.52 bits per heavy atom. The van der Waals surface area contributed by atoms with E-state index in [-0.39, 0.29) is 49.4 Å². The van der Waals surface area contributed by atoms with Crippen molar-refractivity contribution in [3.05, 3.63) is 42.4 Å². The molecule has 0 spiro atoms. The van der Waals surface area contributed by atoms with Gasteiger partial charge in [-0.3, -0.25) is 24.1 Å². The van der Waals surface area contributed by atoms with Crippen LogP contribution in [-0.4, -0.2) is 76.0 Å². The molecule has 3 heterocycles. The third-order valence-corrected chi connectivity index (χ3v) is 5.60. The molecule has 2 saturated heterocycles. The maximum absolute atomic E-state index is 12.5. The fourth-order valence-electron chi connectivity index (χ4n) is 3.77. The van der Waals surface area contributed by atoms with Gasteiger partial charge in [-0.1, -0.05) is 30.3 Å². The molecule has 0 N–H and O–H groups in total. The van der Waals surface area contributed by atoms with Crippen molar-refractivity contribution in [2.45, 2.75) is 25.7 Å². The standard InChI is InChI=1S/C22H24N4O5/c27-19(7-6-18-23-14-17(31-18)16-4-2-1-3-5-16)24-10-12-25(13-11-24)22(30)15-26-20(28)8-9-21(26)29/h1-5,14H,6-13,15H2. The Morgan fingerprint density at radius 1 is 0.903 bits per heavy atom. The monoisotopic (exact) mass is 424 g/mol. The van der Waals surface area contributed by atoms with Crippen molar-refractivity contribution in [2.24, 2.45) is 0 Å². The largest absolute Gasteiger partial charge is 0.441 e. The molecule has 0 radical (unpaired) electrons. The predicted octanol–water partition coefficient (Wildman–Crippen LogP) is 1.09. The highest BCUT2D eigenvalue weighted by Crippen LogP contribution is 2.20. The Labute approximate surface area is 179 Å². The maximum atomic E-state index is 12.5. The van der Waals surface area contributed by atoms with Crippen molar-refractivity contribution in [3.8, 4) is 11.3 Å². The second-order valence-electron chi connectivity index (χ2n) is 7.62. The van der Waals surface area contributed by atoms with E-state index in [2.05, 4.69) is 4.98 Å². The third kappa shape index (κ3) is 4.82. The van der Waals surface area contributed by atoms with Crippen LogP contribution < -0.4 is 0 Å². The quantitative estimate of drug-likeness (QED) is 0.643. The molecule has 1 aromatic carbocycles. The number of hydrogen-bond acceptors (Lipinski definition) is 6. The topological polar surface area (TPSA) is 104 Å². The molecule has 31 heavy (non-hydrogen) atoms. The summed E-state index contributed by atoms with van der Waals surface area (Å²) in [5, 5.41) is 0. The zero-order valence-electron chi connectivity index (χ0n) is 17.2. The van der Waals surface area contributed by atoms with E-state index in [0.29, 0.717) is 44.3 Å². The Hall–Kier alpha value is -3.49. The molecule has 0 saturated carbocycles. The van der Waals surface area contributed by atoms with E-state index in [4.69, 9.17) is 4.42 Å². The number of likely N-dealkylation sites (tertiary alicyclic amines) is 1. The molecule has 9 nitrogen and oxygen atoms in total. The van der Waals surface area contributed by atoms with Gasteiger partial charge in [0.05, 0.1) is 6.20 Å². The van der Waals surface area contributed by atoms with Crippen LogP contribution in [0, 0.1) is 0 Å². The van der Waals surface area contributed by atoms with Crippen LogP contribution in [0.5, 0.6) is 0 Å². The number of nitrogens with zero attached hydrogens (tertiary/aromatic N) is 4. The molecule has 162 valence electrons. The smallest absolute Gasteiger partial charge is 0.242 e. The molecule has 4 rings (SSSR count). The summed E-state index contributed by atoms with van der Waals surface area (Å²) in [6, 6.07) is 9.65. The summed E-state index contributed by atoms with van der Waals surface area (Å²) in [5.41, 5.74) is 0.936. The number of aryl methyl sites for hydroxylation is 1. The fraction of sp³-hybridized carbons (Fsp3) is 0.409. The summed E-state index contributed by atoms with van der Waals surface area (Å²) >= 11 is 0. The van der Waals surface area contributed by atoms with Crippen LogP contribution in [0.2, 0.25) is 0 Å². The molecular weight excluding hydrogens is 400 g/mol. The van der Waals surface area contributed by atoms with Gasteiger partial charge in [0.15, 0.2) is 11.7 Å². The van der Waals surface area contributed by atoms with Gasteiger partial charge in [-0.15, -0.1) is 0 Å². The van der Waals surface area contributed by atoms with Gasteiger partial charge in [-0.05, 0) is 0 Å². The summed E-state index contributed by atoms with van der Waals surface area (Å²) in [6.45, 7) is 1.41. The molecule has 1 aromatic heterocycles. The van der Waals surface area contributed by atoms with Crippen molar-refractivity contribution in [2.75, 3.05) is 32.7 Å². The summed E-state index contributed by atoms with van der Waals surface area (Å²) in [7, 11) is 0. The molecule has 2 aromatic rings. The molecule has 2 fully saturated rings. The first-order valence-electron chi connectivity index (χ1n) is 10.4. The first-order valence-corrected chi connectivity index (χ1v) is 10.4. The minimum absolute atomic E-state index is 0.0172. The van der Waals surface area contributed by atoms with Crippen LogP contribution in [0.25, 0.3) is 11.3 Å². The van der Waals surface area contributed by atoms with Crippen LogP contribution in [0.4, 0.5) is 0 Å². The van der Waals surface area contributed by atoms with E-state index in [1.54, 1.807) is 16.0 Å². The van der Waals surface area contributed by atoms with Gasteiger partial charge in [0.2, 0.25) is 23.6 Å². The van der Waals surface area contributed by atoms with Crippen LogP contribution >= 0.6 is 0 Å². The zero-order chi connectivity index (χ0) is 21.8. The molecule has 9 heteroatoms. The summed E-state index contributed by atoms with van der Waals surface area (Å²) < 4.78 is 5.74. The van der Waals surface area contributed by atoms with Crippen LogP contribution in [0.3, 0.4) is 0 Å². The van der Waals surface area contributed by atoms with Crippen molar-refractivity contribution in [1.29, 1.82) is 0 Å². The van der Waals surface area contributed by atoms with E-state index < -0.39 is 0 Å². The van der Waals surface area contributed by atoms with E-state index in [1.807, 2.05) is 30.3 Å². The SMILES string of the molecule is O=C(CCc1ncc(-c2ccccc2)o1)N1CCN(C(=O)CN2C(=O)CCC2=O)CC1. The Bertz CT molecular complexity index is 963. The lowest BCUT2D eigenvalue weighted by Crippen LogP contribution is -2.53. The zero-order valence-corrected chi connectivity index (χ0v) is 17.2. The third-order valence-electron chi connectivity index (χ3n) is 5.60. The van der Waals surface area contributed by atoms with Crippen molar-refractivity contribution in [3.63, 3.8) is 0 Å². The number of imide groups is 1. The number of piperazine rings is 1. The molecule has 2 aliphatic heterocycles. The fourth-order valence-corrected chi connectivity index (χ4v) is 3.77. The Morgan fingerprint density at radius 3 is 2.16 bits per heavy atom. The number of benzene rings is 1. The van der Waals surface area contributed by atoms with Crippen molar-refractivity contribution < 1.29 is 23.6 Å². The first-order chi connectivity index (χ1) is 15.0. The van der Waals surface area contributed by atoms with E-state index >= 15 is 0 Å². The number of aromatic nitrogens is 1. The predicted molar refractivity (Wildman–Crippen MR) is 109 cm³/mol. The highest BCUT2D eigenvalue weighted by Gasteiger charge is 2.33. The van der Waals surface area contributed by atoms with Gasteiger partial charge < -0.3 is 14.2 Å². The average Bonchev–Trinajstić information content (AvgIpc) is 3.40. The highest BCUT2D eigenvalue weighted by molar-refractivity contribution is 6.04. The number of amides is 4. The number of carbonyl (C=O) groups is 4.